The van der Waals surface area contributed by atoms with E-state index in [9.17, 15) is 26.7 Å². The Labute approximate surface area is 166 Å². The van der Waals surface area contributed by atoms with Crippen LogP contribution < -0.4 is 0 Å². The second kappa shape index (κ2) is 7.40. The predicted molar refractivity (Wildman–Crippen MR) is 98.5 cm³/mol. The van der Waals surface area contributed by atoms with Crippen molar-refractivity contribution in [2.24, 2.45) is 0 Å². The van der Waals surface area contributed by atoms with Gasteiger partial charge in [-0.2, -0.15) is 0 Å². The number of aromatic nitrogens is 2. The second-order valence-electron chi connectivity index (χ2n) is 6.46. The van der Waals surface area contributed by atoms with Crippen LogP contribution in [0.25, 0.3) is 21.8 Å². The average molecular weight is 420 g/mol. The SMILES string of the molecule is CCOC(=O)c1cc2c3ccccc3n(Cc3c(F)c(F)c(F)c(F)c3F)c2cn1. The molecule has 0 N–H and O–H groups in total. The molecule has 0 saturated heterocycles. The number of carbonyl (C=O) groups excluding carboxylic acids is 1. The van der Waals surface area contributed by atoms with Gasteiger partial charge in [0.15, 0.2) is 23.3 Å². The normalized spacial score (nSPS) is 11.4. The Morgan fingerprint density at radius 3 is 2.23 bits per heavy atom. The van der Waals surface area contributed by atoms with E-state index in [0.717, 1.165) is 0 Å². The molecular formula is C21H13F5N2O2. The van der Waals surface area contributed by atoms with Crippen molar-refractivity contribution in [1.29, 1.82) is 0 Å². The third kappa shape index (κ3) is 2.97. The zero-order chi connectivity index (χ0) is 21.6. The van der Waals surface area contributed by atoms with Crippen LogP contribution in [0.1, 0.15) is 23.0 Å². The lowest BCUT2D eigenvalue weighted by Gasteiger charge is -2.11. The van der Waals surface area contributed by atoms with E-state index in [0.29, 0.717) is 21.8 Å². The van der Waals surface area contributed by atoms with Crippen LogP contribution in [-0.4, -0.2) is 22.1 Å². The highest BCUT2D eigenvalue weighted by Gasteiger charge is 2.26. The number of hydrogen-bond donors (Lipinski definition) is 0. The van der Waals surface area contributed by atoms with Gasteiger partial charge in [-0.05, 0) is 19.1 Å². The maximum Gasteiger partial charge on any atom is 0.356 e. The van der Waals surface area contributed by atoms with E-state index < -0.39 is 47.2 Å². The van der Waals surface area contributed by atoms with Crippen LogP contribution >= 0.6 is 0 Å². The number of pyridine rings is 1. The molecule has 0 aliphatic heterocycles. The molecule has 0 aliphatic rings. The van der Waals surface area contributed by atoms with Crippen molar-refractivity contribution in [3.05, 3.63) is 76.9 Å². The number of para-hydroxylation sites is 1. The Balaban J connectivity index is 1.95. The molecular weight excluding hydrogens is 407 g/mol. The first-order valence-corrected chi connectivity index (χ1v) is 8.89. The van der Waals surface area contributed by atoms with Crippen LogP contribution in [0.5, 0.6) is 0 Å². The van der Waals surface area contributed by atoms with Gasteiger partial charge in [-0.3, -0.25) is 0 Å². The maximum absolute atomic E-state index is 14.2. The fourth-order valence-corrected chi connectivity index (χ4v) is 3.38. The van der Waals surface area contributed by atoms with Gasteiger partial charge in [0.1, 0.15) is 5.69 Å². The van der Waals surface area contributed by atoms with Gasteiger partial charge in [0, 0.05) is 21.9 Å². The minimum Gasteiger partial charge on any atom is -0.461 e. The molecule has 0 unspecified atom stereocenters. The largest absolute Gasteiger partial charge is 0.461 e. The maximum atomic E-state index is 14.2. The number of rotatable bonds is 4. The summed E-state index contributed by atoms with van der Waals surface area (Å²) in [7, 11) is 0. The highest BCUT2D eigenvalue weighted by atomic mass is 19.2. The molecule has 0 radical (unpaired) electrons. The lowest BCUT2D eigenvalue weighted by atomic mass is 10.1. The summed E-state index contributed by atoms with van der Waals surface area (Å²) in [5, 5.41) is 1.14. The average Bonchev–Trinajstić information content (AvgIpc) is 3.07. The summed E-state index contributed by atoms with van der Waals surface area (Å²) in [5.41, 5.74) is -0.112. The van der Waals surface area contributed by atoms with Crippen LogP contribution in [0.4, 0.5) is 22.0 Å². The van der Waals surface area contributed by atoms with E-state index in [4.69, 9.17) is 4.74 Å². The summed E-state index contributed by atoms with van der Waals surface area (Å²) in [6.45, 7) is 1.17. The number of carbonyl (C=O) groups is 1. The van der Waals surface area contributed by atoms with Gasteiger partial charge < -0.3 is 9.30 Å². The number of esters is 1. The quantitative estimate of drug-likeness (QED) is 0.200. The summed E-state index contributed by atoms with van der Waals surface area (Å²) in [6.07, 6.45) is 1.30. The first-order valence-electron chi connectivity index (χ1n) is 8.89. The van der Waals surface area contributed by atoms with Crippen molar-refractivity contribution in [3.63, 3.8) is 0 Å². The molecule has 154 valence electrons. The number of ether oxygens (including phenoxy) is 1. The van der Waals surface area contributed by atoms with Gasteiger partial charge in [-0.15, -0.1) is 0 Å². The smallest absolute Gasteiger partial charge is 0.356 e. The van der Waals surface area contributed by atoms with Crippen molar-refractivity contribution in [2.45, 2.75) is 13.5 Å². The summed E-state index contributed by atoms with van der Waals surface area (Å²) in [4.78, 5) is 16.0. The van der Waals surface area contributed by atoms with E-state index in [2.05, 4.69) is 4.98 Å². The summed E-state index contributed by atoms with van der Waals surface area (Å²) in [6, 6.07) is 8.18. The van der Waals surface area contributed by atoms with E-state index in [-0.39, 0.29) is 12.3 Å². The molecule has 4 nitrogen and oxygen atoms in total. The van der Waals surface area contributed by atoms with Gasteiger partial charge in [0.25, 0.3) is 0 Å². The molecule has 0 fully saturated rings. The Kier molecular flexibility index (Phi) is 4.89. The van der Waals surface area contributed by atoms with Crippen molar-refractivity contribution < 1.29 is 31.5 Å². The van der Waals surface area contributed by atoms with Crippen LogP contribution in [-0.2, 0) is 11.3 Å². The van der Waals surface area contributed by atoms with E-state index in [1.165, 1.54) is 16.8 Å². The van der Waals surface area contributed by atoms with Crippen molar-refractivity contribution in [1.82, 2.24) is 9.55 Å². The predicted octanol–water partition coefficient (Wildman–Crippen LogP) is 5.11. The molecule has 0 bridgehead atoms. The lowest BCUT2D eigenvalue weighted by Crippen LogP contribution is -2.11. The molecule has 2 aromatic heterocycles. The Bertz CT molecular complexity index is 1290. The zero-order valence-corrected chi connectivity index (χ0v) is 15.5. The van der Waals surface area contributed by atoms with Crippen LogP contribution in [0, 0.1) is 29.1 Å². The molecule has 0 saturated carbocycles. The molecule has 2 heterocycles. The first kappa shape index (κ1) is 19.8. The number of benzene rings is 2. The van der Waals surface area contributed by atoms with Crippen LogP contribution in [0.2, 0.25) is 0 Å². The molecule has 0 amide bonds. The highest BCUT2D eigenvalue weighted by molar-refractivity contribution is 6.09. The zero-order valence-electron chi connectivity index (χ0n) is 15.5. The van der Waals surface area contributed by atoms with E-state index in [1.54, 1.807) is 31.2 Å². The van der Waals surface area contributed by atoms with Gasteiger partial charge >= 0.3 is 5.97 Å². The van der Waals surface area contributed by atoms with Crippen LogP contribution in [0.3, 0.4) is 0 Å². The topological polar surface area (TPSA) is 44.1 Å². The minimum absolute atomic E-state index is 0.0310. The van der Waals surface area contributed by atoms with Gasteiger partial charge in [-0.25, -0.2) is 31.7 Å². The van der Waals surface area contributed by atoms with Gasteiger partial charge in [0.2, 0.25) is 5.82 Å². The Morgan fingerprint density at radius 2 is 1.57 bits per heavy atom. The third-order valence-electron chi connectivity index (χ3n) is 4.76. The number of nitrogens with zero attached hydrogens (tertiary/aromatic N) is 2. The molecule has 0 spiro atoms. The summed E-state index contributed by atoms with van der Waals surface area (Å²) in [5.74, 6) is -10.7. The molecule has 4 rings (SSSR count). The molecule has 0 aliphatic carbocycles. The minimum atomic E-state index is -2.21. The Hall–Kier alpha value is -3.49. The van der Waals surface area contributed by atoms with E-state index in [1.807, 2.05) is 0 Å². The molecule has 9 heteroatoms. The fraction of sp³-hybridized carbons (Fsp3) is 0.143. The third-order valence-corrected chi connectivity index (χ3v) is 4.76. The van der Waals surface area contributed by atoms with Gasteiger partial charge in [0.05, 0.1) is 24.9 Å². The first-order chi connectivity index (χ1) is 14.3. The summed E-state index contributed by atoms with van der Waals surface area (Å²) < 4.78 is 75.4. The number of hydrogen-bond acceptors (Lipinski definition) is 3. The Morgan fingerprint density at radius 1 is 0.933 bits per heavy atom. The lowest BCUT2D eigenvalue weighted by molar-refractivity contribution is 0.0519. The van der Waals surface area contributed by atoms with Gasteiger partial charge in [-0.1, -0.05) is 18.2 Å². The monoisotopic (exact) mass is 420 g/mol. The second-order valence-corrected chi connectivity index (χ2v) is 6.46. The number of halogens is 5. The van der Waals surface area contributed by atoms with Crippen molar-refractivity contribution >= 4 is 27.8 Å². The fourth-order valence-electron chi connectivity index (χ4n) is 3.38. The molecule has 0 atom stereocenters. The molecule has 30 heavy (non-hydrogen) atoms. The summed E-state index contributed by atoms with van der Waals surface area (Å²) >= 11 is 0. The molecule has 4 aromatic rings. The standard InChI is InChI=1S/C21H13F5N2O2/c1-2-30-21(29)13-7-11-10-5-3-4-6-14(10)28(15(11)8-27-13)9-12-16(22)18(24)20(26)19(25)17(12)23/h3-8H,2,9H2,1H3. The van der Waals surface area contributed by atoms with Crippen molar-refractivity contribution in [3.8, 4) is 0 Å². The van der Waals surface area contributed by atoms with Crippen molar-refractivity contribution in [2.75, 3.05) is 6.61 Å². The molecule has 2 aromatic carbocycles. The van der Waals surface area contributed by atoms with E-state index >= 15 is 0 Å². The van der Waals surface area contributed by atoms with Crippen LogP contribution in [0.15, 0.2) is 36.5 Å². The number of fused-ring (bicyclic) bond motifs is 3. The highest BCUT2D eigenvalue weighted by Crippen LogP contribution is 2.32.